The van der Waals surface area contributed by atoms with Gasteiger partial charge in [-0.25, -0.2) is 0 Å². The third-order valence-corrected chi connectivity index (χ3v) is 12.5. The lowest BCUT2D eigenvalue weighted by atomic mass is 10.1. The van der Waals surface area contributed by atoms with E-state index in [0.29, 0.717) is 46.5 Å². The molecule has 0 saturated carbocycles. The summed E-state index contributed by atoms with van der Waals surface area (Å²) in [6.07, 6.45) is 4.74. The first-order valence-electron chi connectivity index (χ1n) is 23.3. The van der Waals surface area contributed by atoms with Gasteiger partial charge >= 0.3 is 5.97 Å². The Labute approximate surface area is 418 Å². The van der Waals surface area contributed by atoms with Gasteiger partial charge in [-0.05, 0) is 64.7 Å². The maximum atomic E-state index is 14.0. The first-order chi connectivity index (χ1) is 35.4. The van der Waals surface area contributed by atoms with Gasteiger partial charge < -0.3 is 45.0 Å². The molecule has 0 radical (unpaired) electrons. The summed E-state index contributed by atoms with van der Waals surface area (Å²) in [5.41, 5.74) is 6.40. The number of benzene rings is 5. The average molecular weight is 991 g/mol. The summed E-state index contributed by atoms with van der Waals surface area (Å²) < 4.78 is 28.6. The predicted octanol–water partition coefficient (Wildman–Crippen LogP) is 4.08. The number of ether oxygens (including phenoxy) is 5. The largest absolute Gasteiger partial charge is 0.493 e. The molecule has 4 aliphatic heterocycles. The second-order valence-electron chi connectivity index (χ2n) is 17.3. The molecule has 0 spiro atoms. The molecule has 0 unspecified atom stereocenters. The maximum absolute atomic E-state index is 14.0. The summed E-state index contributed by atoms with van der Waals surface area (Å²) in [5.74, 6) is -2.34. The van der Waals surface area contributed by atoms with Gasteiger partial charge in [0, 0.05) is 60.9 Å². The van der Waals surface area contributed by atoms with Crippen LogP contribution in [0.5, 0.6) is 23.0 Å². The van der Waals surface area contributed by atoms with Gasteiger partial charge in [-0.15, -0.1) is 0 Å². The summed E-state index contributed by atoms with van der Waals surface area (Å²) >= 11 is 0. The first-order valence-corrected chi connectivity index (χ1v) is 23.3. The highest BCUT2D eigenvalue weighted by molar-refractivity contribution is 6.16. The Hall–Kier alpha value is -9.07. The molecule has 6 amide bonds. The lowest BCUT2D eigenvalue weighted by molar-refractivity contribution is -0.140. The number of carbonyl (C=O) groups excluding carboxylic acids is 7. The van der Waals surface area contributed by atoms with Crippen molar-refractivity contribution in [2.24, 2.45) is 9.98 Å². The van der Waals surface area contributed by atoms with Crippen molar-refractivity contribution in [2.75, 3.05) is 57.3 Å². The van der Waals surface area contributed by atoms with Gasteiger partial charge in [-0.2, -0.15) is 0 Å². The van der Waals surface area contributed by atoms with Crippen LogP contribution in [0.1, 0.15) is 59.7 Å². The molecule has 20 nitrogen and oxygen atoms in total. The van der Waals surface area contributed by atoms with Gasteiger partial charge in [0.05, 0.1) is 82.0 Å². The van der Waals surface area contributed by atoms with E-state index in [2.05, 4.69) is 26.0 Å². The Bertz CT molecular complexity index is 2960. The molecule has 73 heavy (non-hydrogen) atoms. The number of carbonyl (C=O) groups is 7. The third-order valence-electron chi connectivity index (χ3n) is 12.5. The van der Waals surface area contributed by atoms with Crippen LogP contribution in [0.25, 0.3) is 0 Å². The van der Waals surface area contributed by atoms with Crippen molar-refractivity contribution in [3.8, 4) is 23.0 Å². The van der Waals surface area contributed by atoms with E-state index < -0.39 is 42.7 Å². The fourth-order valence-corrected chi connectivity index (χ4v) is 8.97. The summed E-state index contributed by atoms with van der Waals surface area (Å²) in [6.45, 7) is -1.53. The number of para-hydroxylation sites is 2. The number of nitrogens with zero attached hydrogens (tertiary/aromatic N) is 4. The van der Waals surface area contributed by atoms with E-state index in [-0.39, 0.29) is 85.2 Å². The van der Waals surface area contributed by atoms with E-state index in [1.807, 2.05) is 48.5 Å². The number of anilines is 2. The minimum Gasteiger partial charge on any atom is -0.493 e. The molecular formula is C53H50N8O12. The lowest BCUT2D eigenvalue weighted by Gasteiger charge is -2.22. The number of aliphatic imine (C=N–C) groups is 2. The van der Waals surface area contributed by atoms with Crippen LogP contribution in [-0.4, -0.2) is 113 Å². The fraction of sp³-hybridized carbons (Fsp3) is 0.264. The third kappa shape index (κ3) is 10.7. The number of rotatable bonds is 18. The monoisotopic (exact) mass is 990 g/mol. The van der Waals surface area contributed by atoms with Gasteiger partial charge in [-0.3, -0.25) is 53.3 Å². The SMILES string of the molecule is COC(=O)CCNC(=O)CNC(=O)CNC(=O)CNC(=O)c1cc(COc2cc3c(cc2OC)C(=O)N2c4ccccc4C[C@H]2C=N3)cc(COc2cc3c(cc2OC)C(=O)N2c4ccccc4C[C@H]2C=N3)c1. The summed E-state index contributed by atoms with van der Waals surface area (Å²) in [7, 11) is 4.16. The number of fused-ring (bicyclic) bond motifs is 8. The van der Waals surface area contributed by atoms with E-state index in [0.717, 1.165) is 22.5 Å². The number of amides is 6. The highest BCUT2D eigenvalue weighted by atomic mass is 16.5. The van der Waals surface area contributed by atoms with Crippen LogP contribution in [0.15, 0.2) is 101 Å². The Balaban J connectivity index is 0.911. The van der Waals surface area contributed by atoms with Crippen molar-refractivity contribution in [3.05, 3.63) is 130 Å². The van der Waals surface area contributed by atoms with Crippen molar-refractivity contribution in [2.45, 2.75) is 44.6 Å². The molecule has 374 valence electrons. The van der Waals surface area contributed by atoms with Crippen molar-refractivity contribution >= 4 is 76.6 Å². The molecule has 5 aromatic carbocycles. The van der Waals surface area contributed by atoms with Gasteiger partial charge in [0.2, 0.25) is 17.7 Å². The molecule has 0 bridgehead atoms. The molecule has 0 aromatic heterocycles. The quantitative estimate of drug-likeness (QED) is 0.0908. The maximum Gasteiger partial charge on any atom is 0.307 e. The van der Waals surface area contributed by atoms with Crippen molar-refractivity contribution in [1.82, 2.24) is 21.3 Å². The highest BCUT2D eigenvalue weighted by Gasteiger charge is 2.38. The topological polar surface area (TPSA) is 245 Å². The van der Waals surface area contributed by atoms with Crippen molar-refractivity contribution < 1.29 is 57.2 Å². The van der Waals surface area contributed by atoms with Crippen LogP contribution in [0.4, 0.5) is 22.7 Å². The molecule has 9 rings (SSSR count). The number of hydrogen-bond donors (Lipinski definition) is 4. The Morgan fingerprint density at radius 3 is 1.52 bits per heavy atom. The van der Waals surface area contributed by atoms with Gasteiger partial charge in [-0.1, -0.05) is 36.4 Å². The molecule has 0 fully saturated rings. The van der Waals surface area contributed by atoms with E-state index in [1.54, 1.807) is 64.7 Å². The van der Waals surface area contributed by atoms with Crippen LogP contribution in [0, 0.1) is 0 Å². The Morgan fingerprint density at radius 1 is 0.575 bits per heavy atom. The van der Waals surface area contributed by atoms with Gasteiger partial charge in [0.25, 0.3) is 17.7 Å². The minimum atomic E-state index is -0.684. The molecule has 4 N–H and O–H groups in total. The predicted molar refractivity (Wildman–Crippen MR) is 267 cm³/mol. The zero-order valence-corrected chi connectivity index (χ0v) is 40.0. The van der Waals surface area contributed by atoms with Crippen LogP contribution in [0.2, 0.25) is 0 Å². The van der Waals surface area contributed by atoms with E-state index >= 15 is 0 Å². The van der Waals surface area contributed by atoms with Crippen molar-refractivity contribution in [1.29, 1.82) is 0 Å². The van der Waals surface area contributed by atoms with Gasteiger partial charge in [0.1, 0.15) is 13.2 Å². The summed E-state index contributed by atoms with van der Waals surface area (Å²) in [6, 6.07) is 26.4. The number of hydrogen-bond acceptors (Lipinski definition) is 14. The molecule has 2 atom stereocenters. The van der Waals surface area contributed by atoms with Crippen LogP contribution in [0.3, 0.4) is 0 Å². The lowest BCUT2D eigenvalue weighted by Crippen LogP contribution is -2.44. The molecule has 4 heterocycles. The first kappa shape index (κ1) is 48.9. The van der Waals surface area contributed by atoms with E-state index in [9.17, 15) is 33.6 Å². The van der Waals surface area contributed by atoms with Crippen LogP contribution >= 0.6 is 0 Å². The van der Waals surface area contributed by atoms with Crippen molar-refractivity contribution in [3.63, 3.8) is 0 Å². The number of methoxy groups -OCH3 is 3. The Kier molecular flexibility index (Phi) is 14.4. The molecule has 4 aliphatic rings. The second-order valence-corrected chi connectivity index (χ2v) is 17.3. The average Bonchev–Trinajstić information content (AvgIpc) is 3.90. The number of nitrogens with one attached hydrogen (secondary N) is 4. The summed E-state index contributed by atoms with van der Waals surface area (Å²) in [5, 5.41) is 9.80. The highest BCUT2D eigenvalue weighted by Crippen LogP contribution is 2.43. The molecular weight excluding hydrogens is 941 g/mol. The standard InChI is InChI=1S/C53H50N8O12/c1-69-43-19-37-39(55-23-35-17-32-8-4-6-10-41(32)60(35)52(37)67)21-45(43)72-28-30-14-31(16-34(15-30)51(66)59-27-49(64)58-26-48(63)57-25-47(62)54-13-12-50(65)71-3)29-73-46-22-40-38(20-44(46)70-2)53(68)61-36(24-56-40)18-33-9-5-7-11-42(33)61/h4-11,14-16,19-24,35-36H,12-13,17-18,25-29H2,1-3H3,(H,54,62)(H,57,63)(H,58,64)(H,59,66)/t35-,36-/m0/s1. The normalized spacial score (nSPS) is 15.5. The molecule has 20 heteroatoms. The molecule has 5 aromatic rings. The van der Waals surface area contributed by atoms with Gasteiger partial charge in [0.15, 0.2) is 23.0 Å². The second kappa shape index (κ2) is 21.5. The van der Waals surface area contributed by atoms with Crippen LogP contribution in [-0.2, 0) is 50.0 Å². The smallest absolute Gasteiger partial charge is 0.307 e. The molecule has 0 saturated heterocycles. The van der Waals surface area contributed by atoms with E-state index in [1.165, 1.54) is 21.3 Å². The number of esters is 1. The van der Waals surface area contributed by atoms with E-state index in [4.69, 9.17) is 28.9 Å². The zero-order chi connectivity index (χ0) is 51.2. The Morgan fingerprint density at radius 2 is 1.04 bits per heavy atom. The fourth-order valence-electron chi connectivity index (χ4n) is 8.97. The minimum absolute atomic E-state index is 0.0258. The summed E-state index contributed by atoms with van der Waals surface area (Å²) in [4.78, 5) is 103. The van der Waals surface area contributed by atoms with Crippen LogP contribution < -0.4 is 50.0 Å². The molecule has 0 aliphatic carbocycles. The zero-order valence-electron chi connectivity index (χ0n) is 40.0.